The number of allylic oxidation sites excluding steroid dienone is 1. The van der Waals surface area contributed by atoms with Gasteiger partial charge in [0.05, 0.1) is 31.9 Å². The van der Waals surface area contributed by atoms with E-state index in [0.717, 1.165) is 55.2 Å². The summed E-state index contributed by atoms with van der Waals surface area (Å²) < 4.78 is 25.3. The molecule has 2 aliphatic rings. The van der Waals surface area contributed by atoms with Crippen LogP contribution in [0.1, 0.15) is 68.6 Å². The molecule has 9 nitrogen and oxygen atoms in total. The number of hydrogen-bond acceptors (Lipinski definition) is 7. The minimum Gasteiger partial charge on any atom is -0.459 e. The van der Waals surface area contributed by atoms with Gasteiger partial charge in [0.15, 0.2) is 5.76 Å². The highest BCUT2D eigenvalue weighted by atomic mass is 16.7. The van der Waals surface area contributed by atoms with Crippen molar-refractivity contribution in [1.29, 1.82) is 0 Å². The van der Waals surface area contributed by atoms with Crippen LogP contribution in [0.25, 0.3) is 10.9 Å². The van der Waals surface area contributed by atoms with Gasteiger partial charge in [0, 0.05) is 56.6 Å². The van der Waals surface area contributed by atoms with Gasteiger partial charge >= 0.3 is 0 Å². The maximum absolute atomic E-state index is 13.8. The number of aliphatic hydroxyl groups excluding tert-OH is 1. The van der Waals surface area contributed by atoms with E-state index in [4.69, 9.17) is 24.1 Å². The molecule has 0 bridgehead atoms. The second kappa shape index (κ2) is 15.3. The predicted molar refractivity (Wildman–Crippen MR) is 152 cm³/mol. The number of carbonyl (C=O) groups is 2. The van der Waals surface area contributed by atoms with Crippen molar-refractivity contribution in [1.82, 2.24) is 9.47 Å². The minimum absolute atomic E-state index is 0.0180. The van der Waals surface area contributed by atoms with Gasteiger partial charge in [-0.25, -0.2) is 0 Å². The van der Waals surface area contributed by atoms with Crippen molar-refractivity contribution in [3.8, 4) is 0 Å². The number of fused-ring (bicyclic) bond motifs is 1. The average Bonchev–Trinajstić information content (AvgIpc) is 3.33. The van der Waals surface area contributed by atoms with Gasteiger partial charge < -0.3 is 29.0 Å². The van der Waals surface area contributed by atoms with Crippen LogP contribution in [0.5, 0.6) is 0 Å². The number of ether oxygens (including phenoxy) is 4. The first kappa shape index (κ1) is 30.2. The van der Waals surface area contributed by atoms with Gasteiger partial charge in [0.25, 0.3) is 5.91 Å². The number of likely N-dealkylation sites (tertiary alicyclic amines) is 1. The molecule has 3 atom stereocenters. The molecule has 1 aromatic carbocycles. The molecular weight excluding hydrogens is 512 g/mol. The third-order valence-electron chi connectivity index (χ3n) is 7.71. The third kappa shape index (κ3) is 7.51. The Morgan fingerprint density at radius 1 is 1.00 bits per heavy atom. The number of rotatable bonds is 12. The molecule has 0 unspecified atom stereocenters. The molecule has 2 aliphatic heterocycles. The van der Waals surface area contributed by atoms with Crippen molar-refractivity contribution < 1.29 is 33.6 Å². The summed E-state index contributed by atoms with van der Waals surface area (Å²) in [5.74, 6) is -0.215. The molecule has 0 radical (unpaired) electrons. The van der Waals surface area contributed by atoms with Crippen LogP contribution in [0, 0.1) is 5.92 Å². The predicted octanol–water partition coefficient (Wildman–Crippen LogP) is 4.49. The molecule has 0 spiro atoms. The molecule has 0 saturated carbocycles. The fraction of sp³-hybridized carbons (Fsp3) is 0.613. The van der Waals surface area contributed by atoms with Crippen molar-refractivity contribution >= 4 is 22.7 Å². The van der Waals surface area contributed by atoms with Crippen molar-refractivity contribution in [3.05, 3.63) is 47.9 Å². The first-order valence-corrected chi connectivity index (χ1v) is 14.7. The Balaban J connectivity index is 1.67. The normalized spacial score (nSPS) is 21.9. The molecule has 220 valence electrons. The Bertz CT molecular complexity index is 1140. The molecule has 40 heavy (non-hydrogen) atoms. The molecule has 4 rings (SSSR count). The Morgan fingerprint density at radius 2 is 1.70 bits per heavy atom. The van der Waals surface area contributed by atoms with Gasteiger partial charge in [-0.3, -0.25) is 14.2 Å². The fourth-order valence-corrected chi connectivity index (χ4v) is 5.73. The SMILES string of the molecule is CCO[C@H]1OC(C(=O)N2CCCCCCC2)=C[C@@H](c2cn(C(C)=O)c3ccccc23)[C@@H]1CCOCCOCCO. The lowest BCUT2D eigenvalue weighted by molar-refractivity contribution is -0.172. The summed E-state index contributed by atoms with van der Waals surface area (Å²) in [5, 5.41) is 9.86. The lowest BCUT2D eigenvalue weighted by Crippen LogP contribution is -2.41. The zero-order valence-electron chi connectivity index (χ0n) is 23.9. The monoisotopic (exact) mass is 556 g/mol. The van der Waals surface area contributed by atoms with Crippen molar-refractivity contribution in [2.45, 2.75) is 64.6 Å². The summed E-state index contributed by atoms with van der Waals surface area (Å²) in [4.78, 5) is 28.2. The van der Waals surface area contributed by atoms with Crippen LogP contribution in [0.4, 0.5) is 0 Å². The van der Waals surface area contributed by atoms with E-state index in [-0.39, 0.29) is 36.9 Å². The number of aromatic nitrogens is 1. The maximum atomic E-state index is 13.8. The van der Waals surface area contributed by atoms with Crippen LogP contribution in [0.2, 0.25) is 0 Å². The molecule has 1 fully saturated rings. The van der Waals surface area contributed by atoms with E-state index in [1.54, 1.807) is 11.5 Å². The largest absolute Gasteiger partial charge is 0.459 e. The van der Waals surface area contributed by atoms with Crippen LogP contribution >= 0.6 is 0 Å². The van der Waals surface area contributed by atoms with Gasteiger partial charge in [-0.1, -0.05) is 37.5 Å². The Hall–Kier alpha value is -2.72. The van der Waals surface area contributed by atoms with Gasteiger partial charge in [0.1, 0.15) is 0 Å². The van der Waals surface area contributed by atoms with E-state index >= 15 is 0 Å². The van der Waals surface area contributed by atoms with E-state index in [2.05, 4.69) is 0 Å². The number of nitrogens with zero attached hydrogens (tertiary/aromatic N) is 2. The van der Waals surface area contributed by atoms with E-state index in [0.29, 0.717) is 38.6 Å². The summed E-state index contributed by atoms with van der Waals surface area (Å²) in [6.07, 6.45) is 9.29. The topological polar surface area (TPSA) is 99.5 Å². The number of hydrogen-bond donors (Lipinski definition) is 1. The molecule has 2 aromatic rings. The van der Waals surface area contributed by atoms with Gasteiger partial charge in [-0.2, -0.15) is 0 Å². The average molecular weight is 557 g/mol. The Morgan fingerprint density at radius 3 is 2.40 bits per heavy atom. The molecule has 1 aromatic heterocycles. The number of aliphatic hydroxyl groups is 1. The van der Waals surface area contributed by atoms with Gasteiger partial charge in [-0.05, 0) is 43.9 Å². The minimum atomic E-state index is -0.637. The van der Waals surface area contributed by atoms with E-state index in [1.165, 1.54) is 6.42 Å². The highest BCUT2D eigenvalue weighted by molar-refractivity contribution is 5.95. The molecule has 1 N–H and O–H groups in total. The molecule has 1 amide bonds. The second-order valence-electron chi connectivity index (χ2n) is 10.4. The fourth-order valence-electron chi connectivity index (χ4n) is 5.73. The Labute approximate surface area is 237 Å². The highest BCUT2D eigenvalue weighted by Crippen LogP contribution is 2.42. The summed E-state index contributed by atoms with van der Waals surface area (Å²) >= 11 is 0. The van der Waals surface area contributed by atoms with Crippen LogP contribution in [-0.2, 0) is 23.7 Å². The lowest BCUT2D eigenvalue weighted by atomic mass is 9.81. The first-order valence-electron chi connectivity index (χ1n) is 14.7. The van der Waals surface area contributed by atoms with Gasteiger partial charge in [-0.15, -0.1) is 0 Å². The number of carbonyl (C=O) groups excluding carboxylic acids is 2. The third-order valence-corrected chi connectivity index (χ3v) is 7.71. The van der Waals surface area contributed by atoms with E-state index < -0.39 is 6.29 Å². The summed E-state index contributed by atoms with van der Waals surface area (Å²) in [7, 11) is 0. The zero-order chi connectivity index (χ0) is 28.3. The van der Waals surface area contributed by atoms with E-state index in [9.17, 15) is 9.59 Å². The Kier molecular flexibility index (Phi) is 11.6. The van der Waals surface area contributed by atoms with Crippen LogP contribution in [0.15, 0.2) is 42.3 Å². The van der Waals surface area contributed by atoms with Crippen molar-refractivity contribution in [2.24, 2.45) is 5.92 Å². The molecular formula is C31H44N2O7. The standard InChI is InChI=1S/C31H44N2O7/c1-3-39-31-25(13-17-37-19-20-38-18-16-34)26(27-22-33(23(2)35)28-12-8-7-11-24(27)28)21-29(40-31)30(36)32-14-9-5-4-6-10-15-32/h7-8,11-12,21-22,25-26,31,34H,3-6,9-10,13-20H2,1-2H3/t25-,26+,31-/m0/s1. The highest BCUT2D eigenvalue weighted by Gasteiger charge is 2.40. The number of amides is 1. The number of para-hydroxylation sites is 1. The number of benzene rings is 1. The van der Waals surface area contributed by atoms with Crippen LogP contribution in [-0.4, -0.2) is 85.4 Å². The van der Waals surface area contributed by atoms with Gasteiger partial charge in [0.2, 0.25) is 12.2 Å². The van der Waals surface area contributed by atoms with Crippen LogP contribution in [0.3, 0.4) is 0 Å². The first-order chi connectivity index (χ1) is 19.5. The summed E-state index contributed by atoms with van der Waals surface area (Å²) in [6, 6.07) is 7.86. The smallest absolute Gasteiger partial charge is 0.288 e. The van der Waals surface area contributed by atoms with Crippen molar-refractivity contribution in [2.75, 3.05) is 52.7 Å². The summed E-state index contributed by atoms with van der Waals surface area (Å²) in [5.41, 5.74) is 1.80. The van der Waals surface area contributed by atoms with Crippen LogP contribution < -0.4 is 0 Å². The summed E-state index contributed by atoms with van der Waals surface area (Å²) in [6.45, 7) is 6.89. The molecule has 1 saturated heterocycles. The lowest BCUT2D eigenvalue weighted by Gasteiger charge is -2.38. The maximum Gasteiger partial charge on any atom is 0.288 e. The molecule has 3 heterocycles. The molecule has 9 heteroatoms. The molecule has 0 aliphatic carbocycles. The van der Waals surface area contributed by atoms with Crippen molar-refractivity contribution in [3.63, 3.8) is 0 Å². The van der Waals surface area contributed by atoms with E-state index in [1.807, 2.05) is 48.4 Å². The zero-order valence-corrected chi connectivity index (χ0v) is 23.9. The quantitative estimate of drug-likeness (QED) is 0.385. The second-order valence-corrected chi connectivity index (χ2v) is 10.4.